The summed E-state index contributed by atoms with van der Waals surface area (Å²) in [5.74, 6) is -1.19. The average molecular weight is 571 g/mol. The number of esters is 2. The first kappa shape index (κ1) is 30.1. The van der Waals surface area contributed by atoms with Crippen molar-refractivity contribution in [1.29, 1.82) is 0 Å². The molecule has 3 rings (SSSR count). The predicted octanol–water partition coefficient (Wildman–Crippen LogP) is 2.76. The second-order valence-electron chi connectivity index (χ2n) is 8.43. The Balaban J connectivity index is 1.89. The van der Waals surface area contributed by atoms with Gasteiger partial charge in [0, 0.05) is 13.0 Å². The van der Waals surface area contributed by atoms with Crippen molar-refractivity contribution in [2.24, 2.45) is 0 Å². The fourth-order valence-electron chi connectivity index (χ4n) is 3.64. The summed E-state index contributed by atoms with van der Waals surface area (Å²) in [4.78, 5) is 37.0. The second-order valence-corrected chi connectivity index (χ2v) is 10.1. The summed E-state index contributed by atoms with van der Waals surface area (Å²) < 4.78 is 48.8. The van der Waals surface area contributed by atoms with Crippen molar-refractivity contribution in [1.82, 2.24) is 10.0 Å². The van der Waals surface area contributed by atoms with Crippen molar-refractivity contribution < 1.29 is 41.7 Å². The lowest BCUT2D eigenvalue weighted by molar-refractivity contribution is -0.143. The Kier molecular flexibility index (Phi) is 10.6. The van der Waals surface area contributed by atoms with Crippen LogP contribution < -0.4 is 19.5 Å². The third-order valence-electron chi connectivity index (χ3n) is 5.77. The van der Waals surface area contributed by atoms with Gasteiger partial charge in [-0.25, -0.2) is 22.7 Å². The van der Waals surface area contributed by atoms with Crippen LogP contribution in [0, 0.1) is 0 Å². The molecule has 1 unspecified atom stereocenters. The highest BCUT2D eigenvalue weighted by atomic mass is 32.2. The van der Waals surface area contributed by atoms with Gasteiger partial charge < -0.3 is 24.3 Å². The number of carbonyl (C=O) groups excluding carboxylic acids is 3. The largest absolute Gasteiger partial charge is 0.497 e. The van der Waals surface area contributed by atoms with Crippen LogP contribution >= 0.6 is 0 Å². The zero-order valence-electron chi connectivity index (χ0n) is 22.2. The summed E-state index contributed by atoms with van der Waals surface area (Å²) in [6, 6.07) is 18.0. The summed E-state index contributed by atoms with van der Waals surface area (Å²) in [6.07, 6.45) is -0.287. The predicted molar refractivity (Wildman–Crippen MR) is 144 cm³/mol. The molecular weight excluding hydrogens is 540 g/mol. The van der Waals surface area contributed by atoms with E-state index in [9.17, 15) is 22.8 Å². The van der Waals surface area contributed by atoms with E-state index in [1.807, 2.05) is 0 Å². The molecule has 0 radical (unpaired) electrons. The fraction of sp³-hybridized carbons (Fsp3) is 0.250. The Hall–Kier alpha value is -4.42. The van der Waals surface area contributed by atoms with E-state index >= 15 is 0 Å². The van der Waals surface area contributed by atoms with Crippen LogP contribution in [0.2, 0.25) is 0 Å². The van der Waals surface area contributed by atoms with Crippen LogP contribution in [0.3, 0.4) is 0 Å². The van der Waals surface area contributed by atoms with Gasteiger partial charge in [0.25, 0.3) is 0 Å². The number of rotatable bonds is 13. The maximum absolute atomic E-state index is 13.2. The molecule has 0 bridgehead atoms. The van der Waals surface area contributed by atoms with Crippen LogP contribution in [0.25, 0.3) is 0 Å². The number of hydrogen-bond donors (Lipinski definition) is 2. The standard InChI is InChI=1S/C28H30N2O9S/c1-36-21-12-9-19(10-13-21)17-29-26(31)16-24(30-40(34,35)22-7-5-4-6-8-22)20-11-14-25(39-18-27(32)37-2)23(15-20)28(33)38-3/h4-15,24,30H,16-18H2,1-3H3,(H,29,31). The number of methoxy groups -OCH3 is 3. The van der Waals surface area contributed by atoms with Crippen LogP contribution in [0.4, 0.5) is 0 Å². The van der Waals surface area contributed by atoms with Crippen LogP contribution in [0.15, 0.2) is 77.7 Å². The number of amides is 1. The molecule has 40 heavy (non-hydrogen) atoms. The summed E-state index contributed by atoms with van der Waals surface area (Å²) in [7, 11) is -0.140. The zero-order chi connectivity index (χ0) is 29.1. The SMILES string of the molecule is COC(=O)COc1ccc(C(CC(=O)NCc2ccc(OC)cc2)NS(=O)(=O)c2ccccc2)cc1C(=O)OC. The highest BCUT2D eigenvalue weighted by Crippen LogP contribution is 2.28. The highest BCUT2D eigenvalue weighted by Gasteiger charge is 2.26. The molecule has 12 heteroatoms. The van der Waals surface area contributed by atoms with E-state index < -0.39 is 40.5 Å². The quantitative estimate of drug-likeness (QED) is 0.296. The molecule has 2 N–H and O–H groups in total. The molecule has 0 fully saturated rings. The third kappa shape index (κ3) is 8.29. The zero-order valence-corrected chi connectivity index (χ0v) is 23.0. The smallest absolute Gasteiger partial charge is 0.343 e. The number of carbonyl (C=O) groups is 3. The number of hydrogen-bond acceptors (Lipinski definition) is 9. The van der Waals surface area contributed by atoms with Gasteiger partial charge in [0.15, 0.2) is 6.61 Å². The van der Waals surface area contributed by atoms with E-state index in [4.69, 9.17) is 14.2 Å². The van der Waals surface area contributed by atoms with Gasteiger partial charge in [-0.2, -0.15) is 0 Å². The van der Waals surface area contributed by atoms with Crippen LogP contribution in [0.1, 0.15) is 33.9 Å². The number of ether oxygens (including phenoxy) is 4. The number of benzene rings is 3. The van der Waals surface area contributed by atoms with Gasteiger partial charge >= 0.3 is 11.9 Å². The van der Waals surface area contributed by atoms with E-state index in [-0.39, 0.29) is 29.2 Å². The Morgan fingerprint density at radius 2 is 1.57 bits per heavy atom. The molecule has 11 nitrogen and oxygen atoms in total. The monoisotopic (exact) mass is 570 g/mol. The molecule has 0 aromatic heterocycles. The van der Waals surface area contributed by atoms with E-state index in [0.29, 0.717) is 11.3 Å². The average Bonchev–Trinajstić information content (AvgIpc) is 2.98. The lowest BCUT2D eigenvalue weighted by Crippen LogP contribution is -2.33. The topological polar surface area (TPSA) is 146 Å². The van der Waals surface area contributed by atoms with Crippen molar-refractivity contribution in [3.8, 4) is 11.5 Å². The Morgan fingerprint density at radius 3 is 2.20 bits per heavy atom. The lowest BCUT2D eigenvalue weighted by Gasteiger charge is -2.21. The van der Waals surface area contributed by atoms with E-state index in [2.05, 4.69) is 14.8 Å². The van der Waals surface area contributed by atoms with Gasteiger partial charge in [-0.15, -0.1) is 0 Å². The van der Waals surface area contributed by atoms with E-state index in [1.165, 1.54) is 44.6 Å². The van der Waals surface area contributed by atoms with Crippen molar-refractivity contribution in [3.05, 3.63) is 89.5 Å². The van der Waals surface area contributed by atoms with Gasteiger partial charge in [-0.05, 0) is 47.5 Å². The molecule has 0 spiro atoms. The first-order valence-electron chi connectivity index (χ1n) is 12.1. The van der Waals surface area contributed by atoms with Gasteiger partial charge in [0.2, 0.25) is 15.9 Å². The Morgan fingerprint density at radius 1 is 0.875 bits per heavy atom. The van der Waals surface area contributed by atoms with Crippen molar-refractivity contribution >= 4 is 27.9 Å². The molecule has 0 heterocycles. The number of sulfonamides is 1. The normalized spacial score (nSPS) is 11.7. The maximum Gasteiger partial charge on any atom is 0.343 e. The first-order chi connectivity index (χ1) is 19.2. The maximum atomic E-state index is 13.2. The minimum absolute atomic E-state index is 0.00450. The molecule has 212 valence electrons. The molecule has 0 saturated heterocycles. The molecular formula is C28H30N2O9S. The second kappa shape index (κ2) is 14.1. The Labute approximate surface area is 232 Å². The van der Waals surface area contributed by atoms with E-state index in [0.717, 1.165) is 5.56 Å². The summed E-state index contributed by atoms with van der Waals surface area (Å²) in [5.41, 5.74) is 1.05. The summed E-state index contributed by atoms with van der Waals surface area (Å²) >= 11 is 0. The van der Waals surface area contributed by atoms with Gasteiger partial charge in [0.05, 0.1) is 32.3 Å². The molecule has 0 saturated carbocycles. The van der Waals surface area contributed by atoms with Crippen molar-refractivity contribution in [2.45, 2.75) is 23.9 Å². The summed E-state index contributed by atoms with van der Waals surface area (Å²) in [5, 5.41) is 2.78. The lowest BCUT2D eigenvalue weighted by atomic mass is 10.0. The fourth-order valence-corrected chi connectivity index (χ4v) is 4.88. The molecule has 0 aliphatic carbocycles. The minimum Gasteiger partial charge on any atom is -0.497 e. The van der Waals surface area contributed by atoms with Gasteiger partial charge in [0.1, 0.15) is 17.1 Å². The molecule has 1 atom stereocenters. The van der Waals surface area contributed by atoms with Crippen molar-refractivity contribution in [2.75, 3.05) is 27.9 Å². The Bertz CT molecular complexity index is 1430. The van der Waals surface area contributed by atoms with Crippen LogP contribution in [0.5, 0.6) is 11.5 Å². The van der Waals surface area contributed by atoms with Gasteiger partial charge in [-0.3, -0.25) is 4.79 Å². The number of nitrogens with one attached hydrogen (secondary N) is 2. The molecule has 1 amide bonds. The molecule has 3 aromatic carbocycles. The molecule has 0 aliphatic heterocycles. The molecule has 3 aromatic rings. The van der Waals surface area contributed by atoms with E-state index in [1.54, 1.807) is 49.6 Å². The minimum atomic E-state index is -4.05. The van der Waals surface area contributed by atoms with Crippen LogP contribution in [-0.2, 0) is 35.6 Å². The third-order valence-corrected chi connectivity index (χ3v) is 7.26. The van der Waals surface area contributed by atoms with Crippen molar-refractivity contribution in [3.63, 3.8) is 0 Å². The summed E-state index contributed by atoms with van der Waals surface area (Å²) in [6.45, 7) is -0.258. The van der Waals surface area contributed by atoms with Crippen LogP contribution in [-0.4, -0.2) is 54.2 Å². The molecule has 0 aliphatic rings. The first-order valence-corrected chi connectivity index (χ1v) is 13.5. The van der Waals surface area contributed by atoms with Gasteiger partial charge in [-0.1, -0.05) is 36.4 Å². The highest BCUT2D eigenvalue weighted by molar-refractivity contribution is 7.89.